The summed E-state index contributed by atoms with van der Waals surface area (Å²) in [5.41, 5.74) is -7.08. The number of hydrogen-bond donors (Lipinski definition) is 13. The van der Waals surface area contributed by atoms with Crippen molar-refractivity contribution in [3.8, 4) is 80.1 Å². The van der Waals surface area contributed by atoms with Crippen LogP contribution in [0.2, 0.25) is 0 Å². The second-order valence-corrected chi connectivity index (χ2v) is 15.2. The Bertz CT molecular complexity index is 2900. The molecule has 0 spiro atoms. The maximum Gasteiger partial charge on any atom is 0.341 e. The van der Waals surface area contributed by atoms with Crippen LogP contribution in [0.15, 0.2) is 30.3 Å². The van der Waals surface area contributed by atoms with E-state index in [1.165, 1.54) is 0 Å². The number of fused-ring (bicyclic) bond motifs is 3. The molecule has 1 saturated heterocycles. The Balaban J connectivity index is 1.39. The third-order valence-electron chi connectivity index (χ3n) is 11.2. The molecule has 13 N–H and O–H groups in total. The SMILES string of the molecule is O=C(O)CC1C(=O)O[C@H]2[C@@H]3OC(=O)c4cc(O)c(O)c(O)c4-c4c(cc(O)c(O)c4O)C(=O)OC[C@H]2O[C@@H](OC(=O)c2cc(O)c(O)c(O)c2)[C@@H]3OC(=O)c2cc(O)c(O)c3c2[C@H]1[C@H](O)C(=O)O3. The Kier molecular flexibility index (Phi) is 11.0. The number of hydrogen-bond acceptors (Lipinski definition) is 26. The van der Waals surface area contributed by atoms with Gasteiger partial charge in [-0.25, -0.2) is 24.0 Å². The van der Waals surface area contributed by atoms with Gasteiger partial charge in [-0.2, -0.15) is 0 Å². The van der Waals surface area contributed by atoms with Gasteiger partial charge in [-0.15, -0.1) is 0 Å². The summed E-state index contributed by atoms with van der Waals surface area (Å²) in [6.45, 7) is -1.31. The molecule has 4 heterocycles. The molecular weight excluding hydrogens is 924 g/mol. The van der Waals surface area contributed by atoms with E-state index in [1.807, 2.05) is 0 Å². The number of esters is 6. The molecule has 68 heavy (non-hydrogen) atoms. The van der Waals surface area contributed by atoms with Gasteiger partial charge >= 0.3 is 41.8 Å². The molecule has 0 saturated carbocycles. The van der Waals surface area contributed by atoms with Gasteiger partial charge in [-0.3, -0.25) is 9.59 Å². The van der Waals surface area contributed by atoms with Crippen LogP contribution in [0.25, 0.3) is 11.1 Å². The number of aliphatic hydroxyl groups is 1. The summed E-state index contributed by atoms with van der Waals surface area (Å²) in [6, 6.07) is 2.36. The molecule has 8 rings (SSSR count). The number of ether oxygens (including phenoxy) is 7. The van der Waals surface area contributed by atoms with E-state index < -0.39 is 211 Å². The Morgan fingerprint density at radius 2 is 1.10 bits per heavy atom. The molecule has 356 valence electrons. The van der Waals surface area contributed by atoms with Gasteiger partial charge in [-0.05, 0) is 30.3 Å². The summed E-state index contributed by atoms with van der Waals surface area (Å²) in [6.07, 6.45) is -16.3. The van der Waals surface area contributed by atoms with Crippen LogP contribution in [0.3, 0.4) is 0 Å². The van der Waals surface area contributed by atoms with Gasteiger partial charge in [0, 0.05) is 22.6 Å². The van der Waals surface area contributed by atoms with Crippen molar-refractivity contribution in [3.05, 3.63) is 58.1 Å². The number of aliphatic carboxylic acids is 1. The minimum Gasteiger partial charge on any atom is -0.504 e. The van der Waals surface area contributed by atoms with E-state index in [9.17, 15) is 99.9 Å². The minimum absolute atomic E-state index is 0.361. The average Bonchev–Trinajstić information content (AvgIpc) is 3.28. The third-order valence-corrected chi connectivity index (χ3v) is 11.2. The van der Waals surface area contributed by atoms with Crippen LogP contribution in [-0.2, 0) is 42.8 Å². The molecule has 27 nitrogen and oxygen atoms in total. The average molecular weight is 955 g/mol. The van der Waals surface area contributed by atoms with Crippen molar-refractivity contribution in [1.29, 1.82) is 0 Å². The van der Waals surface area contributed by atoms with Crippen LogP contribution < -0.4 is 4.74 Å². The van der Waals surface area contributed by atoms with Crippen LogP contribution >= 0.6 is 0 Å². The number of phenolic OH excluding ortho intramolecular Hbond substituents is 11. The molecule has 4 aliphatic rings. The number of aromatic hydroxyl groups is 11. The first-order chi connectivity index (χ1) is 32.0. The number of carboxylic acids is 1. The van der Waals surface area contributed by atoms with Gasteiger partial charge in [0.25, 0.3) is 0 Å². The van der Waals surface area contributed by atoms with Gasteiger partial charge in [0.05, 0.1) is 34.6 Å². The number of carboxylic acid groups (broad SMARTS) is 1. The number of aliphatic hydroxyl groups excluding tert-OH is 1. The first kappa shape index (κ1) is 45.5. The molecule has 27 heteroatoms. The highest BCUT2D eigenvalue weighted by Crippen LogP contribution is 2.54. The predicted molar refractivity (Wildman–Crippen MR) is 206 cm³/mol. The number of rotatable bonds is 4. The van der Waals surface area contributed by atoms with Crippen molar-refractivity contribution in [2.24, 2.45) is 5.92 Å². The van der Waals surface area contributed by atoms with Crippen molar-refractivity contribution in [3.63, 3.8) is 0 Å². The first-order valence-corrected chi connectivity index (χ1v) is 19.2. The molecular formula is C41H30O27. The lowest BCUT2D eigenvalue weighted by Crippen LogP contribution is -2.63. The smallest absolute Gasteiger partial charge is 0.341 e. The van der Waals surface area contributed by atoms with Crippen molar-refractivity contribution in [2.45, 2.75) is 49.1 Å². The zero-order chi connectivity index (χ0) is 49.5. The summed E-state index contributed by atoms with van der Waals surface area (Å²) < 4.78 is 38.8. The highest BCUT2D eigenvalue weighted by atomic mass is 16.7. The van der Waals surface area contributed by atoms with Gasteiger partial charge in [0.2, 0.25) is 29.6 Å². The quantitative estimate of drug-likeness (QED) is 0.0554. The molecule has 4 aliphatic heterocycles. The van der Waals surface area contributed by atoms with Crippen molar-refractivity contribution >= 4 is 41.8 Å². The highest BCUT2D eigenvalue weighted by molar-refractivity contribution is 6.08. The maximum absolute atomic E-state index is 14.6. The molecule has 4 aromatic rings. The van der Waals surface area contributed by atoms with E-state index in [2.05, 4.69) is 0 Å². The van der Waals surface area contributed by atoms with Gasteiger partial charge < -0.3 is 99.5 Å². The van der Waals surface area contributed by atoms with Crippen LogP contribution in [0.4, 0.5) is 0 Å². The lowest BCUT2D eigenvalue weighted by molar-refractivity contribution is -0.287. The van der Waals surface area contributed by atoms with E-state index in [0.717, 1.165) is 0 Å². The Morgan fingerprint density at radius 1 is 0.588 bits per heavy atom. The largest absolute Gasteiger partial charge is 0.504 e. The van der Waals surface area contributed by atoms with Crippen LogP contribution in [0.1, 0.15) is 59.3 Å². The van der Waals surface area contributed by atoms with Crippen LogP contribution in [-0.4, -0.2) is 152 Å². The van der Waals surface area contributed by atoms with Crippen LogP contribution in [0.5, 0.6) is 69.0 Å². The number of benzene rings is 4. The lowest BCUT2D eigenvalue weighted by Gasteiger charge is -2.44. The number of phenols is 11. The second-order valence-electron chi connectivity index (χ2n) is 15.2. The zero-order valence-corrected chi connectivity index (χ0v) is 33.4. The number of carbonyl (C=O) groups excluding carboxylic acids is 6. The van der Waals surface area contributed by atoms with E-state index in [-0.39, 0.29) is 0 Å². The monoisotopic (exact) mass is 954 g/mol. The summed E-state index contributed by atoms with van der Waals surface area (Å²) >= 11 is 0. The predicted octanol–water partition coefficient (Wildman–Crippen LogP) is -0.00170. The third kappa shape index (κ3) is 7.31. The van der Waals surface area contributed by atoms with E-state index in [0.29, 0.717) is 30.3 Å². The van der Waals surface area contributed by atoms with E-state index >= 15 is 0 Å². The van der Waals surface area contributed by atoms with Crippen molar-refractivity contribution < 1.29 is 133 Å². The van der Waals surface area contributed by atoms with Gasteiger partial charge in [0.15, 0.2) is 70.1 Å². The molecule has 8 atom stereocenters. The molecule has 4 aromatic carbocycles. The topological polar surface area (TPSA) is 447 Å². The first-order valence-electron chi connectivity index (χ1n) is 19.2. The van der Waals surface area contributed by atoms with E-state index in [1.54, 1.807) is 0 Å². The van der Waals surface area contributed by atoms with Crippen molar-refractivity contribution in [2.75, 3.05) is 6.61 Å². The molecule has 0 aliphatic carbocycles. The molecule has 1 unspecified atom stereocenters. The zero-order valence-electron chi connectivity index (χ0n) is 33.4. The normalized spacial score (nSPS) is 24.3. The maximum atomic E-state index is 14.6. The number of cyclic esters (lactones) is 1. The molecule has 4 bridgehead atoms. The molecule has 0 aromatic heterocycles. The fourth-order valence-electron chi connectivity index (χ4n) is 8.04. The standard InChI is InChI=1S/C41H30O27/c42-13-1-8(2-14(43)24(13)49)35(56)68-41-34-33-31(64-39(60)12(6-19(47)48)22-23-11(38(59)67-34)5-17(46)27(52)32(23)65-40(61)30(22)55)18(63-41)7-62-36(57)9-3-15(44)25(50)28(53)20(9)21-10(37(58)66-33)4-16(45)26(51)29(21)54/h1-5,12,18,22,30-31,33-34,41-46,49-55H,6-7H2,(H,47,48)/t12?,18-,22+,30+,31-,33+,34-,41+/m1/s1. The van der Waals surface area contributed by atoms with Gasteiger partial charge in [0.1, 0.15) is 12.7 Å². The summed E-state index contributed by atoms with van der Waals surface area (Å²) in [5, 5.41) is 137. The molecule has 0 amide bonds. The fraction of sp³-hybridized carbons (Fsp3) is 0.244. The Hall–Kier alpha value is -9.11. The minimum atomic E-state index is -2.58. The van der Waals surface area contributed by atoms with E-state index in [4.69, 9.17) is 33.2 Å². The second kappa shape index (κ2) is 16.4. The van der Waals surface area contributed by atoms with Crippen LogP contribution in [0, 0.1) is 5.92 Å². The fourth-order valence-corrected chi connectivity index (χ4v) is 8.04. The Morgan fingerprint density at radius 3 is 1.69 bits per heavy atom. The molecule has 1 fully saturated rings. The van der Waals surface area contributed by atoms with Gasteiger partial charge in [-0.1, -0.05) is 0 Å². The molecule has 0 radical (unpaired) electrons. The Labute approximate surface area is 374 Å². The summed E-state index contributed by atoms with van der Waals surface area (Å²) in [5.74, 6) is -32.0. The van der Waals surface area contributed by atoms with Crippen molar-refractivity contribution in [1.82, 2.24) is 0 Å². The summed E-state index contributed by atoms with van der Waals surface area (Å²) in [7, 11) is 0. The lowest BCUT2D eigenvalue weighted by atomic mass is 9.76. The highest BCUT2D eigenvalue weighted by Gasteiger charge is 2.58. The summed E-state index contributed by atoms with van der Waals surface area (Å²) in [4.78, 5) is 96.8. The number of carbonyl (C=O) groups is 7.